The van der Waals surface area contributed by atoms with E-state index in [1.165, 1.54) is 18.3 Å². The van der Waals surface area contributed by atoms with Crippen molar-refractivity contribution in [1.82, 2.24) is 4.98 Å². The summed E-state index contributed by atoms with van der Waals surface area (Å²) in [5.41, 5.74) is 1.74. The highest BCUT2D eigenvalue weighted by Crippen LogP contribution is 2.25. The summed E-state index contributed by atoms with van der Waals surface area (Å²) in [5.74, 6) is -0.488. The standard InChI is InChI=1S/C21H15NO4/c1-2-12-7-8-17(23)15(9-12)20(24)13-10-16-19(22-11-13)14-5-3-4-6-18(14)26-21(16)25/h3-11,23H,2H2,1H3. The number of aromatic hydroxyl groups is 1. The normalized spacial score (nSPS) is 11.1. The number of fused-ring (bicyclic) bond motifs is 3. The number of aromatic nitrogens is 1. The van der Waals surface area contributed by atoms with Crippen molar-refractivity contribution < 1.29 is 14.3 Å². The van der Waals surface area contributed by atoms with E-state index in [4.69, 9.17) is 4.42 Å². The Bertz CT molecular complexity index is 1220. The summed E-state index contributed by atoms with van der Waals surface area (Å²) in [4.78, 5) is 29.5. The van der Waals surface area contributed by atoms with Crippen LogP contribution in [0.15, 0.2) is 63.9 Å². The molecule has 0 spiro atoms. The lowest BCUT2D eigenvalue weighted by molar-refractivity contribution is 0.103. The van der Waals surface area contributed by atoms with Crippen molar-refractivity contribution in [2.45, 2.75) is 13.3 Å². The van der Waals surface area contributed by atoms with Crippen molar-refractivity contribution >= 4 is 27.7 Å². The van der Waals surface area contributed by atoms with Gasteiger partial charge in [-0.3, -0.25) is 9.78 Å². The number of aryl methyl sites for hydroxylation is 1. The van der Waals surface area contributed by atoms with E-state index in [-0.39, 0.29) is 28.0 Å². The fourth-order valence-corrected chi connectivity index (χ4v) is 3.01. The number of phenols is 1. The smallest absolute Gasteiger partial charge is 0.345 e. The molecular formula is C21H15NO4. The van der Waals surface area contributed by atoms with Crippen LogP contribution in [0, 0.1) is 0 Å². The van der Waals surface area contributed by atoms with Gasteiger partial charge in [-0.15, -0.1) is 0 Å². The maximum absolute atomic E-state index is 12.8. The van der Waals surface area contributed by atoms with E-state index in [2.05, 4.69) is 4.98 Å². The zero-order chi connectivity index (χ0) is 18.3. The molecule has 0 saturated carbocycles. The van der Waals surface area contributed by atoms with E-state index in [1.54, 1.807) is 24.3 Å². The molecular weight excluding hydrogens is 330 g/mol. The number of carbonyl (C=O) groups is 1. The highest BCUT2D eigenvalue weighted by molar-refractivity contribution is 6.12. The molecule has 5 heteroatoms. The van der Waals surface area contributed by atoms with Gasteiger partial charge >= 0.3 is 5.63 Å². The van der Waals surface area contributed by atoms with Crippen LogP contribution >= 0.6 is 0 Å². The van der Waals surface area contributed by atoms with E-state index >= 15 is 0 Å². The van der Waals surface area contributed by atoms with Crippen LogP contribution in [-0.4, -0.2) is 15.9 Å². The largest absolute Gasteiger partial charge is 0.507 e. The first-order chi connectivity index (χ1) is 12.6. The number of carbonyl (C=O) groups excluding carboxylic acids is 1. The molecule has 0 radical (unpaired) electrons. The molecule has 0 aliphatic rings. The van der Waals surface area contributed by atoms with E-state index in [9.17, 15) is 14.7 Å². The van der Waals surface area contributed by atoms with Crippen LogP contribution in [-0.2, 0) is 6.42 Å². The Hall–Kier alpha value is -3.47. The minimum Gasteiger partial charge on any atom is -0.507 e. The summed E-state index contributed by atoms with van der Waals surface area (Å²) in [6.45, 7) is 1.97. The molecule has 2 aromatic carbocycles. The Balaban J connectivity index is 1.91. The molecule has 5 nitrogen and oxygen atoms in total. The van der Waals surface area contributed by atoms with E-state index in [0.29, 0.717) is 16.5 Å². The second-order valence-corrected chi connectivity index (χ2v) is 6.04. The fraction of sp³-hybridized carbons (Fsp3) is 0.0952. The molecule has 0 aliphatic carbocycles. The lowest BCUT2D eigenvalue weighted by atomic mass is 9.99. The maximum atomic E-state index is 12.8. The Morgan fingerprint density at radius 1 is 1.12 bits per heavy atom. The number of benzene rings is 2. The average Bonchev–Trinajstić information content (AvgIpc) is 2.68. The van der Waals surface area contributed by atoms with Gasteiger partial charge < -0.3 is 9.52 Å². The van der Waals surface area contributed by atoms with E-state index in [0.717, 1.165) is 12.0 Å². The second kappa shape index (κ2) is 6.11. The fourth-order valence-electron chi connectivity index (χ4n) is 3.01. The third kappa shape index (κ3) is 2.54. The van der Waals surface area contributed by atoms with Crippen molar-refractivity contribution in [3.8, 4) is 5.75 Å². The maximum Gasteiger partial charge on any atom is 0.345 e. The topological polar surface area (TPSA) is 80.4 Å². The predicted molar refractivity (Wildman–Crippen MR) is 98.7 cm³/mol. The van der Waals surface area contributed by atoms with Gasteiger partial charge in [-0.1, -0.05) is 25.1 Å². The number of hydrogen-bond donors (Lipinski definition) is 1. The Morgan fingerprint density at radius 2 is 1.92 bits per heavy atom. The molecule has 0 aliphatic heterocycles. The third-order valence-corrected chi connectivity index (χ3v) is 4.43. The molecule has 128 valence electrons. The highest BCUT2D eigenvalue weighted by atomic mass is 16.4. The molecule has 0 amide bonds. The van der Waals surface area contributed by atoms with Crippen molar-refractivity contribution in [3.05, 3.63) is 81.8 Å². The first-order valence-electron chi connectivity index (χ1n) is 8.26. The van der Waals surface area contributed by atoms with Crippen molar-refractivity contribution in [3.63, 3.8) is 0 Å². The third-order valence-electron chi connectivity index (χ3n) is 4.43. The lowest BCUT2D eigenvalue weighted by Crippen LogP contribution is -2.07. The zero-order valence-corrected chi connectivity index (χ0v) is 14.0. The van der Waals surface area contributed by atoms with Gasteiger partial charge in [0.15, 0.2) is 5.78 Å². The summed E-state index contributed by atoms with van der Waals surface area (Å²) < 4.78 is 5.32. The molecule has 0 bridgehead atoms. The second-order valence-electron chi connectivity index (χ2n) is 6.04. The van der Waals surface area contributed by atoms with Crippen LogP contribution in [0.2, 0.25) is 0 Å². The van der Waals surface area contributed by atoms with Gasteiger partial charge in [0, 0.05) is 17.1 Å². The molecule has 0 unspecified atom stereocenters. The van der Waals surface area contributed by atoms with Gasteiger partial charge in [-0.05, 0) is 42.3 Å². The van der Waals surface area contributed by atoms with E-state index in [1.807, 2.05) is 19.1 Å². The summed E-state index contributed by atoms with van der Waals surface area (Å²) in [6, 6.07) is 13.5. The average molecular weight is 345 g/mol. The molecule has 0 atom stereocenters. The zero-order valence-electron chi connectivity index (χ0n) is 14.0. The van der Waals surface area contributed by atoms with Crippen LogP contribution in [0.5, 0.6) is 5.75 Å². The van der Waals surface area contributed by atoms with Gasteiger partial charge in [0.05, 0.1) is 16.5 Å². The number of hydrogen-bond acceptors (Lipinski definition) is 5. The number of pyridine rings is 1. The molecule has 26 heavy (non-hydrogen) atoms. The molecule has 0 fully saturated rings. The molecule has 2 heterocycles. The SMILES string of the molecule is CCc1ccc(O)c(C(=O)c2cnc3c(c2)c(=O)oc2ccccc23)c1. The van der Waals surface area contributed by atoms with Gasteiger partial charge in [-0.25, -0.2) is 4.79 Å². The summed E-state index contributed by atoms with van der Waals surface area (Å²) in [6.07, 6.45) is 2.17. The van der Waals surface area contributed by atoms with Crippen LogP contribution in [0.3, 0.4) is 0 Å². The van der Waals surface area contributed by atoms with Crippen molar-refractivity contribution in [2.24, 2.45) is 0 Å². The summed E-state index contributed by atoms with van der Waals surface area (Å²) in [5, 5.41) is 11.0. The van der Waals surface area contributed by atoms with Gasteiger partial charge in [0.1, 0.15) is 11.3 Å². The summed E-state index contributed by atoms with van der Waals surface area (Å²) >= 11 is 0. The molecule has 2 aromatic heterocycles. The first kappa shape index (κ1) is 16.0. The minimum atomic E-state index is -0.549. The number of para-hydroxylation sites is 1. The van der Waals surface area contributed by atoms with Crippen LogP contribution in [0.1, 0.15) is 28.4 Å². The highest BCUT2D eigenvalue weighted by Gasteiger charge is 2.17. The first-order valence-corrected chi connectivity index (χ1v) is 8.26. The summed E-state index contributed by atoms with van der Waals surface area (Å²) in [7, 11) is 0. The minimum absolute atomic E-state index is 0.0992. The van der Waals surface area contributed by atoms with Crippen molar-refractivity contribution in [2.75, 3.05) is 0 Å². The Labute approximate surface area is 148 Å². The van der Waals surface area contributed by atoms with Gasteiger partial charge in [0.2, 0.25) is 0 Å². The number of rotatable bonds is 3. The van der Waals surface area contributed by atoms with Gasteiger partial charge in [0.25, 0.3) is 0 Å². The number of nitrogens with zero attached hydrogens (tertiary/aromatic N) is 1. The molecule has 4 aromatic rings. The van der Waals surface area contributed by atoms with Gasteiger partial charge in [-0.2, -0.15) is 0 Å². The molecule has 1 N–H and O–H groups in total. The van der Waals surface area contributed by atoms with Crippen LogP contribution < -0.4 is 5.63 Å². The van der Waals surface area contributed by atoms with E-state index < -0.39 is 5.63 Å². The Morgan fingerprint density at radius 3 is 2.73 bits per heavy atom. The predicted octanol–water partition coefficient (Wildman–Crippen LogP) is 3.84. The van der Waals surface area contributed by atoms with Crippen LogP contribution in [0.25, 0.3) is 21.9 Å². The quantitative estimate of drug-likeness (QED) is 0.347. The lowest BCUT2D eigenvalue weighted by Gasteiger charge is -2.07. The van der Waals surface area contributed by atoms with Crippen molar-refractivity contribution in [1.29, 1.82) is 0 Å². The van der Waals surface area contributed by atoms with Crippen LogP contribution in [0.4, 0.5) is 0 Å². The number of phenolic OH excluding ortho intramolecular Hbond substituents is 1. The number of ketones is 1. The molecule has 0 saturated heterocycles. The molecule has 4 rings (SSSR count). The monoisotopic (exact) mass is 345 g/mol. The Kier molecular flexibility index (Phi) is 3.77.